The quantitative estimate of drug-likeness (QED) is 0.555. The first-order valence-electron chi connectivity index (χ1n) is 6.41. The van der Waals surface area contributed by atoms with E-state index >= 15 is 0 Å². The minimum Gasteiger partial charge on any atom is -0.480 e. The van der Waals surface area contributed by atoms with E-state index in [1.807, 2.05) is 30.3 Å². The fraction of sp³-hybridized carbons (Fsp3) is 0.125. The number of hydrazine groups is 1. The third-order valence-electron chi connectivity index (χ3n) is 2.85. The van der Waals surface area contributed by atoms with Crippen LogP contribution in [0.2, 0.25) is 0 Å². The van der Waals surface area contributed by atoms with Crippen LogP contribution in [-0.2, 0) is 11.2 Å². The van der Waals surface area contributed by atoms with Crippen LogP contribution < -0.4 is 10.9 Å². The minimum absolute atomic E-state index is 0.359. The van der Waals surface area contributed by atoms with Gasteiger partial charge >= 0.3 is 5.97 Å². The van der Waals surface area contributed by atoms with Crippen LogP contribution in [0, 0.1) is 12.3 Å². The highest BCUT2D eigenvalue weighted by atomic mass is 16.4. The Hall–Kier alpha value is -2.84. The molecule has 5 heteroatoms. The molecule has 0 aliphatic heterocycles. The summed E-state index contributed by atoms with van der Waals surface area (Å²) in [5.74, 6) is 1.95. The van der Waals surface area contributed by atoms with E-state index in [0.717, 1.165) is 5.56 Å². The van der Waals surface area contributed by atoms with E-state index in [1.54, 1.807) is 18.2 Å². The fourth-order valence-corrected chi connectivity index (χ4v) is 1.80. The molecule has 5 nitrogen and oxygen atoms in total. The first kappa shape index (κ1) is 14.6. The van der Waals surface area contributed by atoms with Gasteiger partial charge in [-0.25, -0.2) is 10.4 Å². The van der Waals surface area contributed by atoms with Crippen LogP contribution >= 0.6 is 0 Å². The topological polar surface area (TPSA) is 74.2 Å². The molecule has 0 radical (unpaired) electrons. The lowest BCUT2D eigenvalue weighted by Gasteiger charge is -2.15. The molecule has 2 rings (SSSR count). The number of terminal acetylenes is 1. The summed E-state index contributed by atoms with van der Waals surface area (Å²) in [7, 11) is 0. The van der Waals surface area contributed by atoms with Crippen molar-refractivity contribution in [3.05, 3.63) is 59.8 Å². The van der Waals surface area contributed by atoms with Crippen LogP contribution in [0.5, 0.6) is 0 Å². The number of aliphatic carboxylic acids is 1. The number of anilines is 1. The average molecular weight is 281 g/mol. The van der Waals surface area contributed by atoms with Gasteiger partial charge < -0.3 is 10.5 Å². The SMILES string of the molecule is C#Cc1cccc(NNC(Cc2ccccc2)C(=O)O)n1. The molecule has 1 aromatic heterocycles. The van der Waals surface area contributed by atoms with Crippen molar-refractivity contribution in [1.82, 2.24) is 10.4 Å². The smallest absolute Gasteiger partial charge is 0.322 e. The van der Waals surface area contributed by atoms with Gasteiger partial charge in [0.1, 0.15) is 17.6 Å². The molecule has 0 aliphatic carbocycles. The van der Waals surface area contributed by atoms with Crippen LogP contribution in [0.25, 0.3) is 0 Å². The van der Waals surface area contributed by atoms with Crippen molar-refractivity contribution < 1.29 is 9.90 Å². The molecule has 0 saturated heterocycles. The molecule has 0 saturated carbocycles. The normalized spacial score (nSPS) is 11.4. The third kappa shape index (κ3) is 4.34. The van der Waals surface area contributed by atoms with E-state index in [-0.39, 0.29) is 0 Å². The maximum atomic E-state index is 11.3. The number of nitrogens with one attached hydrogen (secondary N) is 2. The number of carbonyl (C=O) groups is 1. The standard InChI is InChI=1S/C16H15N3O2/c1-2-13-9-6-10-15(17-13)19-18-14(16(20)21)11-12-7-4-3-5-8-12/h1,3-10,14,18H,11H2,(H,17,19)(H,20,21). The molecule has 2 aromatic rings. The van der Waals surface area contributed by atoms with Crippen molar-refractivity contribution in [2.75, 3.05) is 5.43 Å². The predicted molar refractivity (Wildman–Crippen MR) is 80.5 cm³/mol. The van der Waals surface area contributed by atoms with Gasteiger partial charge in [-0.1, -0.05) is 42.3 Å². The number of hydrogen-bond donors (Lipinski definition) is 3. The summed E-state index contributed by atoms with van der Waals surface area (Å²) in [6.07, 6.45) is 5.63. The van der Waals surface area contributed by atoms with Crippen LogP contribution in [0.1, 0.15) is 11.3 Å². The number of carboxylic acid groups (broad SMARTS) is 1. The zero-order valence-electron chi connectivity index (χ0n) is 11.3. The monoisotopic (exact) mass is 281 g/mol. The lowest BCUT2D eigenvalue weighted by Crippen LogP contribution is -2.42. The highest BCUT2D eigenvalue weighted by molar-refractivity contribution is 5.74. The molecule has 0 fully saturated rings. The first-order valence-corrected chi connectivity index (χ1v) is 6.41. The Bertz CT molecular complexity index is 650. The van der Waals surface area contributed by atoms with Gasteiger partial charge in [0.05, 0.1) is 0 Å². The summed E-state index contributed by atoms with van der Waals surface area (Å²) >= 11 is 0. The molecule has 0 amide bonds. The average Bonchev–Trinajstić information content (AvgIpc) is 2.52. The Labute approximate surface area is 123 Å². The summed E-state index contributed by atoms with van der Waals surface area (Å²) in [4.78, 5) is 15.4. The van der Waals surface area contributed by atoms with Gasteiger partial charge in [-0.2, -0.15) is 0 Å². The zero-order valence-corrected chi connectivity index (χ0v) is 11.3. The molecule has 21 heavy (non-hydrogen) atoms. The third-order valence-corrected chi connectivity index (χ3v) is 2.85. The molecule has 1 heterocycles. The Balaban J connectivity index is 2.00. The van der Waals surface area contributed by atoms with E-state index in [9.17, 15) is 9.90 Å². The molecule has 0 spiro atoms. The summed E-state index contributed by atoms with van der Waals surface area (Å²) in [6, 6.07) is 13.8. The largest absolute Gasteiger partial charge is 0.480 e. The Kier molecular flexibility index (Phi) is 4.91. The lowest BCUT2D eigenvalue weighted by molar-refractivity contribution is -0.139. The molecule has 1 unspecified atom stereocenters. The van der Waals surface area contributed by atoms with E-state index in [0.29, 0.717) is 17.9 Å². The number of hydrogen-bond acceptors (Lipinski definition) is 4. The van der Waals surface area contributed by atoms with E-state index < -0.39 is 12.0 Å². The lowest BCUT2D eigenvalue weighted by atomic mass is 10.1. The van der Waals surface area contributed by atoms with E-state index in [4.69, 9.17) is 6.42 Å². The summed E-state index contributed by atoms with van der Waals surface area (Å²) in [6.45, 7) is 0. The van der Waals surface area contributed by atoms with Gasteiger partial charge in [0.2, 0.25) is 0 Å². The summed E-state index contributed by atoms with van der Waals surface area (Å²) < 4.78 is 0. The number of aromatic nitrogens is 1. The Morgan fingerprint density at radius 2 is 2.00 bits per heavy atom. The van der Waals surface area contributed by atoms with Crippen molar-refractivity contribution in [3.63, 3.8) is 0 Å². The van der Waals surface area contributed by atoms with Crippen molar-refractivity contribution in [3.8, 4) is 12.3 Å². The van der Waals surface area contributed by atoms with E-state index in [1.165, 1.54) is 0 Å². The van der Waals surface area contributed by atoms with Crippen LogP contribution in [0.15, 0.2) is 48.5 Å². The van der Waals surface area contributed by atoms with Crippen molar-refractivity contribution in [2.24, 2.45) is 0 Å². The molecular weight excluding hydrogens is 266 g/mol. The molecule has 106 valence electrons. The van der Waals surface area contributed by atoms with Crippen molar-refractivity contribution >= 4 is 11.8 Å². The second-order valence-electron chi connectivity index (χ2n) is 4.40. The molecule has 1 aromatic carbocycles. The van der Waals surface area contributed by atoms with Gasteiger partial charge in [0.15, 0.2) is 0 Å². The fourth-order valence-electron chi connectivity index (χ4n) is 1.80. The van der Waals surface area contributed by atoms with Gasteiger partial charge in [-0.15, -0.1) is 6.42 Å². The predicted octanol–water partition coefficient (Wildman–Crippen LogP) is 1.68. The first-order chi connectivity index (χ1) is 10.2. The van der Waals surface area contributed by atoms with E-state index in [2.05, 4.69) is 21.8 Å². The number of nitrogens with zero attached hydrogens (tertiary/aromatic N) is 1. The highest BCUT2D eigenvalue weighted by Gasteiger charge is 2.17. The van der Waals surface area contributed by atoms with Gasteiger partial charge in [-0.05, 0) is 17.7 Å². The minimum atomic E-state index is -0.945. The van der Waals surface area contributed by atoms with Crippen molar-refractivity contribution in [1.29, 1.82) is 0 Å². The van der Waals surface area contributed by atoms with Crippen molar-refractivity contribution in [2.45, 2.75) is 12.5 Å². The summed E-state index contributed by atoms with van der Waals surface area (Å²) in [5.41, 5.74) is 6.96. The van der Waals surface area contributed by atoms with Crippen LogP contribution in [0.3, 0.4) is 0 Å². The van der Waals surface area contributed by atoms with Crippen LogP contribution in [-0.4, -0.2) is 22.1 Å². The van der Waals surface area contributed by atoms with Gasteiger partial charge in [-0.3, -0.25) is 4.79 Å². The molecule has 3 N–H and O–H groups in total. The van der Waals surface area contributed by atoms with Gasteiger partial charge in [0, 0.05) is 6.42 Å². The number of rotatable bonds is 6. The summed E-state index contributed by atoms with van der Waals surface area (Å²) in [5, 5.41) is 9.26. The zero-order chi connectivity index (χ0) is 15.1. The Morgan fingerprint density at radius 3 is 2.67 bits per heavy atom. The number of carboxylic acids is 1. The second-order valence-corrected chi connectivity index (χ2v) is 4.40. The number of pyridine rings is 1. The maximum Gasteiger partial charge on any atom is 0.322 e. The molecule has 0 bridgehead atoms. The van der Waals surface area contributed by atoms with Crippen LogP contribution in [0.4, 0.5) is 5.82 Å². The molecule has 1 atom stereocenters. The number of benzene rings is 1. The van der Waals surface area contributed by atoms with Gasteiger partial charge in [0.25, 0.3) is 0 Å². The maximum absolute atomic E-state index is 11.3. The molecular formula is C16H15N3O2. The molecule has 0 aliphatic rings. The second kappa shape index (κ2) is 7.08. The highest BCUT2D eigenvalue weighted by Crippen LogP contribution is 2.06. The Morgan fingerprint density at radius 1 is 1.24 bits per heavy atom.